The van der Waals surface area contributed by atoms with Gasteiger partial charge in [0.05, 0.1) is 23.7 Å². The molecule has 0 spiro atoms. The highest BCUT2D eigenvalue weighted by atomic mass is 16.5. The van der Waals surface area contributed by atoms with Crippen LogP contribution in [0.2, 0.25) is 0 Å². The minimum absolute atomic E-state index is 0.178. The number of nitrogens with zero attached hydrogens (tertiary/aromatic N) is 4. The van der Waals surface area contributed by atoms with Crippen molar-refractivity contribution in [2.75, 3.05) is 6.61 Å². The predicted molar refractivity (Wildman–Crippen MR) is 102 cm³/mol. The molecule has 0 fully saturated rings. The van der Waals surface area contributed by atoms with Crippen LogP contribution in [0.5, 0.6) is 0 Å². The van der Waals surface area contributed by atoms with E-state index in [1.165, 1.54) is 6.92 Å². The number of carbonyl (C=O) groups excluding carboxylic acids is 2. The quantitative estimate of drug-likeness (QED) is 0.377. The summed E-state index contributed by atoms with van der Waals surface area (Å²) in [5.41, 5.74) is 3.85. The van der Waals surface area contributed by atoms with Gasteiger partial charge in [0.25, 0.3) is 0 Å². The van der Waals surface area contributed by atoms with Gasteiger partial charge in [-0.3, -0.25) is 4.79 Å². The van der Waals surface area contributed by atoms with Gasteiger partial charge >= 0.3 is 5.97 Å². The third-order valence-electron chi connectivity index (χ3n) is 3.74. The van der Waals surface area contributed by atoms with Crippen LogP contribution < -0.4 is 0 Å². The highest BCUT2D eigenvalue weighted by Gasteiger charge is 2.24. The number of azo groups is 2. The Morgan fingerprint density at radius 2 is 1.67 bits per heavy atom. The Bertz CT molecular complexity index is 891. The zero-order valence-electron chi connectivity index (χ0n) is 15.8. The summed E-state index contributed by atoms with van der Waals surface area (Å²) in [7, 11) is 0. The number of ketones is 1. The predicted octanol–water partition coefficient (Wildman–Crippen LogP) is 5.32. The number of carbonyl (C=O) groups is 2. The Kier molecular flexibility index (Phi) is 7.05. The topological polar surface area (TPSA) is 92.8 Å². The minimum atomic E-state index is -1.25. The molecule has 2 aromatic rings. The lowest BCUT2D eigenvalue weighted by Gasteiger charge is -2.07. The van der Waals surface area contributed by atoms with Gasteiger partial charge in [-0.05, 0) is 63.1 Å². The van der Waals surface area contributed by atoms with Crippen molar-refractivity contribution in [2.45, 2.75) is 33.7 Å². The summed E-state index contributed by atoms with van der Waals surface area (Å²) in [4.78, 5) is 23.4. The van der Waals surface area contributed by atoms with Gasteiger partial charge in [-0.15, -0.1) is 0 Å². The van der Waals surface area contributed by atoms with E-state index in [0.717, 1.165) is 16.8 Å². The summed E-state index contributed by atoms with van der Waals surface area (Å²) in [5.74, 6) is -1.12. The summed E-state index contributed by atoms with van der Waals surface area (Å²) in [6, 6.07) is 11.7. The molecule has 0 aromatic heterocycles. The second-order valence-electron chi connectivity index (χ2n) is 5.94. The van der Waals surface area contributed by atoms with E-state index in [-0.39, 0.29) is 6.61 Å². The van der Waals surface area contributed by atoms with Gasteiger partial charge in [0, 0.05) is 0 Å². The fourth-order valence-electron chi connectivity index (χ4n) is 2.24. The van der Waals surface area contributed by atoms with Crippen LogP contribution in [-0.4, -0.2) is 24.4 Å². The maximum absolute atomic E-state index is 11.8. The molecule has 2 aromatic carbocycles. The summed E-state index contributed by atoms with van der Waals surface area (Å²) in [6.07, 6.45) is 0. The normalized spacial score (nSPS) is 12.4. The average Bonchev–Trinajstić information content (AvgIpc) is 2.62. The Labute approximate surface area is 158 Å². The Balaban J connectivity index is 2.17. The fraction of sp³-hybridized carbons (Fsp3) is 0.300. The lowest BCUT2D eigenvalue weighted by Crippen LogP contribution is -2.28. The highest BCUT2D eigenvalue weighted by molar-refractivity contribution is 6.02. The van der Waals surface area contributed by atoms with Crippen LogP contribution >= 0.6 is 0 Å². The number of esters is 1. The van der Waals surface area contributed by atoms with E-state index in [1.807, 2.05) is 44.2 Å². The van der Waals surface area contributed by atoms with Crippen molar-refractivity contribution in [1.29, 1.82) is 0 Å². The molecule has 2 rings (SSSR count). The molecule has 0 N–H and O–H groups in total. The van der Waals surface area contributed by atoms with E-state index in [4.69, 9.17) is 4.74 Å². The van der Waals surface area contributed by atoms with Gasteiger partial charge in [-0.1, -0.05) is 18.2 Å². The lowest BCUT2D eigenvalue weighted by molar-refractivity contribution is -0.147. The molecule has 7 heteroatoms. The SMILES string of the molecule is CCOC(=O)C(N=Nc1ccc(N=Nc2ccccc2C)cc1C)C(C)=O. The van der Waals surface area contributed by atoms with Gasteiger partial charge in [0.1, 0.15) is 0 Å². The second kappa shape index (κ2) is 9.47. The monoisotopic (exact) mass is 366 g/mol. The van der Waals surface area contributed by atoms with Crippen LogP contribution in [0.1, 0.15) is 25.0 Å². The standard InChI is InChI=1S/C20H22N4O3/c1-5-27-20(26)19(15(4)25)24-23-18-11-10-16(12-14(18)3)21-22-17-9-7-6-8-13(17)2/h6-12,19H,5H2,1-4H3. The molecule has 1 unspecified atom stereocenters. The number of hydrogen-bond donors (Lipinski definition) is 0. The van der Waals surface area contributed by atoms with E-state index in [1.54, 1.807) is 19.1 Å². The van der Waals surface area contributed by atoms with Crippen molar-refractivity contribution in [3.05, 3.63) is 53.6 Å². The van der Waals surface area contributed by atoms with Crippen molar-refractivity contribution >= 4 is 28.8 Å². The number of ether oxygens (including phenoxy) is 1. The van der Waals surface area contributed by atoms with Crippen LogP contribution in [0, 0.1) is 13.8 Å². The van der Waals surface area contributed by atoms with E-state index in [0.29, 0.717) is 11.4 Å². The van der Waals surface area contributed by atoms with E-state index in [9.17, 15) is 9.59 Å². The summed E-state index contributed by atoms with van der Waals surface area (Å²) in [5, 5.41) is 16.4. The zero-order valence-corrected chi connectivity index (χ0v) is 15.8. The first-order valence-corrected chi connectivity index (χ1v) is 8.58. The molecule has 0 radical (unpaired) electrons. The second-order valence-corrected chi connectivity index (χ2v) is 5.94. The number of benzene rings is 2. The molecule has 0 saturated carbocycles. The van der Waals surface area contributed by atoms with E-state index < -0.39 is 17.8 Å². The molecule has 1 atom stereocenters. The van der Waals surface area contributed by atoms with Crippen molar-refractivity contribution < 1.29 is 14.3 Å². The molecule has 7 nitrogen and oxygen atoms in total. The molecule has 140 valence electrons. The molecule has 0 amide bonds. The molecular formula is C20H22N4O3. The van der Waals surface area contributed by atoms with Crippen LogP contribution in [0.3, 0.4) is 0 Å². The maximum Gasteiger partial charge on any atom is 0.340 e. The fourth-order valence-corrected chi connectivity index (χ4v) is 2.24. The van der Waals surface area contributed by atoms with Crippen molar-refractivity contribution in [1.82, 2.24) is 0 Å². The zero-order chi connectivity index (χ0) is 19.8. The van der Waals surface area contributed by atoms with Crippen LogP contribution in [0.4, 0.5) is 17.1 Å². The van der Waals surface area contributed by atoms with Crippen molar-refractivity contribution in [3.63, 3.8) is 0 Å². The smallest absolute Gasteiger partial charge is 0.340 e. The third-order valence-corrected chi connectivity index (χ3v) is 3.74. The van der Waals surface area contributed by atoms with Crippen molar-refractivity contribution in [3.8, 4) is 0 Å². The molecule has 27 heavy (non-hydrogen) atoms. The third kappa shape index (κ3) is 5.64. The molecule has 0 aliphatic carbocycles. The van der Waals surface area contributed by atoms with Crippen LogP contribution in [0.15, 0.2) is 62.9 Å². The largest absolute Gasteiger partial charge is 0.464 e. The molecule has 0 aliphatic heterocycles. The Morgan fingerprint density at radius 3 is 2.30 bits per heavy atom. The maximum atomic E-state index is 11.8. The molecule has 0 aliphatic rings. The number of rotatable bonds is 7. The van der Waals surface area contributed by atoms with Crippen LogP contribution in [0.25, 0.3) is 0 Å². The van der Waals surface area contributed by atoms with Gasteiger partial charge in [-0.2, -0.15) is 20.5 Å². The summed E-state index contributed by atoms with van der Waals surface area (Å²) < 4.78 is 4.85. The van der Waals surface area contributed by atoms with Gasteiger partial charge in [0.15, 0.2) is 5.78 Å². The van der Waals surface area contributed by atoms with E-state index >= 15 is 0 Å². The molecule has 0 saturated heterocycles. The average molecular weight is 366 g/mol. The first-order valence-electron chi connectivity index (χ1n) is 8.58. The van der Waals surface area contributed by atoms with E-state index in [2.05, 4.69) is 20.5 Å². The summed E-state index contributed by atoms with van der Waals surface area (Å²) in [6.45, 7) is 6.94. The van der Waals surface area contributed by atoms with Crippen LogP contribution in [-0.2, 0) is 14.3 Å². The summed E-state index contributed by atoms with van der Waals surface area (Å²) >= 11 is 0. The number of aryl methyl sites for hydroxylation is 2. The number of Topliss-reactive ketones (excluding diaryl/α,β-unsaturated/α-hetero) is 1. The molecular weight excluding hydrogens is 344 g/mol. The Hall–Kier alpha value is -3.22. The van der Waals surface area contributed by atoms with Crippen molar-refractivity contribution in [2.24, 2.45) is 20.5 Å². The van der Waals surface area contributed by atoms with Gasteiger partial charge in [-0.25, -0.2) is 4.79 Å². The minimum Gasteiger partial charge on any atom is -0.464 e. The van der Waals surface area contributed by atoms with Gasteiger partial charge < -0.3 is 4.74 Å². The van der Waals surface area contributed by atoms with Gasteiger partial charge in [0.2, 0.25) is 6.04 Å². The highest BCUT2D eigenvalue weighted by Crippen LogP contribution is 2.27. The number of hydrogen-bond acceptors (Lipinski definition) is 7. The lowest BCUT2D eigenvalue weighted by atomic mass is 10.2. The molecule has 0 heterocycles. The first-order chi connectivity index (χ1) is 12.9. The Morgan fingerprint density at radius 1 is 0.963 bits per heavy atom. The first kappa shape index (κ1) is 20.1. The molecule has 0 bridgehead atoms.